The standard InChI is InChI=1S/C26H22Cl2N4O2/c1-16-23(14-29-31-26(34)18-8-11-21(12-9-18)30-17(2)33)22-5-3-4-6-25(22)32(16)15-19-7-10-20(27)13-24(19)28/h3-14H,15H2,1-2H3,(H,30,33)(H,31,34). The van der Waals surface area contributed by atoms with Gasteiger partial charge in [-0.05, 0) is 55.0 Å². The van der Waals surface area contributed by atoms with Crippen molar-refractivity contribution in [2.75, 3.05) is 5.32 Å². The molecule has 0 saturated carbocycles. The van der Waals surface area contributed by atoms with Crippen molar-refractivity contribution in [3.05, 3.63) is 99.2 Å². The molecule has 4 aromatic rings. The van der Waals surface area contributed by atoms with Crippen LogP contribution >= 0.6 is 23.2 Å². The number of hydrogen-bond donors (Lipinski definition) is 2. The Labute approximate surface area is 207 Å². The van der Waals surface area contributed by atoms with Crippen molar-refractivity contribution in [2.24, 2.45) is 5.10 Å². The van der Waals surface area contributed by atoms with Crippen LogP contribution in [0.4, 0.5) is 5.69 Å². The Kier molecular flexibility index (Phi) is 7.01. The highest BCUT2D eigenvalue weighted by Gasteiger charge is 2.14. The van der Waals surface area contributed by atoms with E-state index in [1.54, 1.807) is 36.5 Å². The molecule has 0 bridgehead atoms. The second-order valence-corrected chi connectivity index (χ2v) is 8.64. The van der Waals surface area contributed by atoms with E-state index in [2.05, 4.69) is 20.4 Å². The minimum atomic E-state index is -0.347. The lowest BCUT2D eigenvalue weighted by molar-refractivity contribution is -0.114. The number of nitrogens with zero attached hydrogens (tertiary/aromatic N) is 2. The molecule has 0 saturated heterocycles. The highest BCUT2D eigenvalue weighted by atomic mass is 35.5. The number of halogens is 2. The van der Waals surface area contributed by atoms with Crippen LogP contribution in [0.3, 0.4) is 0 Å². The lowest BCUT2D eigenvalue weighted by Gasteiger charge is -2.10. The Balaban J connectivity index is 1.56. The van der Waals surface area contributed by atoms with Crippen LogP contribution < -0.4 is 10.7 Å². The normalized spacial score (nSPS) is 11.2. The summed E-state index contributed by atoms with van der Waals surface area (Å²) in [4.78, 5) is 23.6. The molecule has 0 aliphatic heterocycles. The summed E-state index contributed by atoms with van der Waals surface area (Å²) in [7, 11) is 0. The Morgan fingerprint density at radius 3 is 2.47 bits per heavy atom. The van der Waals surface area contributed by atoms with E-state index in [-0.39, 0.29) is 11.8 Å². The maximum absolute atomic E-state index is 12.5. The highest BCUT2D eigenvalue weighted by molar-refractivity contribution is 6.35. The summed E-state index contributed by atoms with van der Waals surface area (Å²) in [6.07, 6.45) is 1.65. The predicted molar refractivity (Wildman–Crippen MR) is 138 cm³/mol. The van der Waals surface area contributed by atoms with Gasteiger partial charge in [-0.25, -0.2) is 5.43 Å². The second-order valence-electron chi connectivity index (χ2n) is 7.80. The number of para-hydroxylation sites is 1. The molecule has 1 aromatic heterocycles. The van der Waals surface area contributed by atoms with E-state index in [4.69, 9.17) is 23.2 Å². The highest BCUT2D eigenvalue weighted by Crippen LogP contribution is 2.28. The molecule has 0 atom stereocenters. The quantitative estimate of drug-likeness (QED) is 0.254. The number of carbonyl (C=O) groups excluding carboxylic acids is 2. The van der Waals surface area contributed by atoms with Gasteiger partial charge in [-0.15, -0.1) is 0 Å². The van der Waals surface area contributed by atoms with Gasteiger partial charge in [0, 0.05) is 56.9 Å². The summed E-state index contributed by atoms with van der Waals surface area (Å²) in [6, 6.07) is 20.1. The van der Waals surface area contributed by atoms with E-state index in [9.17, 15) is 9.59 Å². The molecule has 4 rings (SSSR count). The number of rotatable bonds is 6. The lowest BCUT2D eigenvalue weighted by Crippen LogP contribution is -2.17. The van der Waals surface area contributed by atoms with Crippen molar-refractivity contribution in [1.82, 2.24) is 9.99 Å². The van der Waals surface area contributed by atoms with E-state index in [1.165, 1.54) is 6.92 Å². The van der Waals surface area contributed by atoms with Gasteiger partial charge in [0.2, 0.25) is 5.91 Å². The van der Waals surface area contributed by atoms with Gasteiger partial charge in [0.15, 0.2) is 0 Å². The Hall–Kier alpha value is -3.61. The topological polar surface area (TPSA) is 75.5 Å². The molecule has 2 amide bonds. The predicted octanol–water partition coefficient (Wildman–Crippen LogP) is 6.03. The molecular weight excluding hydrogens is 471 g/mol. The van der Waals surface area contributed by atoms with Crippen LogP contribution in [0.1, 0.15) is 34.1 Å². The molecule has 0 spiro atoms. The largest absolute Gasteiger partial charge is 0.340 e. The molecular formula is C26H22Cl2N4O2. The molecule has 2 N–H and O–H groups in total. The maximum atomic E-state index is 12.5. The zero-order chi connectivity index (χ0) is 24.2. The van der Waals surface area contributed by atoms with Crippen molar-refractivity contribution in [3.63, 3.8) is 0 Å². The second kappa shape index (κ2) is 10.1. The molecule has 0 radical (unpaired) electrons. The summed E-state index contributed by atoms with van der Waals surface area (Å²) >= 11 is 12.5. The SMILES string of the molecule is CC(=O)Nc1ccc(C(=O)NN=Cc2c(C)n(Cc3ccc(Cl)cc3Cl)c3ccccc23)cc1. The number of aromatic nitrogens is 1. The first-order valence-electron chi connectivity index (χ1n) is 10.6. The molecule has 0 unspecified atom stereocenters. The van der Waals surface area contributed by atoms with Gasteiger partial charge >= 0.3 is 0 Å². The summed E-state index contributed by atoms with van der Waals surface area (Å²) in [5.41, 5.74) is 7.51. The number of hydrazone groups is 1. The monoisotopic (exact) mass is 492 g/mol. The minimum absolute atomic E-state index is 0.172. The van der Waals surface area contributed by atoms with Crippen molar-refractivity contribution >= 4 is 57.8 Å². The van der Waals surface area contributed by atoms with E-state index < -0.39 is 0 Å². The van der Waals surface area contributed by atoms with E-state index in [0.717, 1.165) is 27.7 Å². The fraction of sp³-hybridized carbons (Fsp3) is 0.115. The van der Waals surface area contributed by atoms with Crippen LogP contribution in [0, 0.1) is 6.92 Å². The third kappa shape index (κ3) is 5.14. The third-order valence-corrected chi connectivity index (χ3v) is 6.04. The van der Waals surface area contributed by atoms with Crippen molar-refractivity contribution < 1.29 is 9.59 Å². The Morgan fingerprint density at radius 1 is 1.03 bits per heavy atom. The smallest absolute Gasteiger partial charge is 0.271 e. The zero-order valence-corrected chi connectivity index (χ0v) is 20.1. The van der Waals surface area contributed by atoms with Crippen molar-refractivity contribution in [1.29, 1.82) is 0 Å². The van der Waals surface area contributed by atoms with E-state index in [0.29, 0.717) is 27.8 Å². The molecule has 0 aliphatic carbocycles. The Morgan fingerprint density at radius 2 is 1.76 bits per heavy atom. The molecule has 6 nitrogen and oxygen atoms in total. The summed E-state index contributed by atoms with van der Waals surface area (Å²) in [6.45, 7) is 4.01. The molecule has 8 heteroatoms. The first-order chi connectivity index (χ1) is 16.3. The van der Waals surface area contributed by atoms with Gasteiger partial charge in [-0.1, -0.05) is 47.5 Å². The lowest BCUT2D eigenvalue weighted by atomic mass is 10.1. The van der Waals surface area contributed by atoms with E-state index >= 15 is 0 Å². The first-order valence-corrected chi connectivity index (χ1v) is 11.3. The summed E-state index contributed by atoms with van der Waals surface area (Å²) < 4.78 is 2.16. The van der Waals surface area contributed by atoms with Crippen molar-refractivity contribution in [3.8, 4) is 0 Å². The molecule has 3 aromatic carbocycles. The van der Waals surface area contributed by atoms with Gasteiger partial charge < -0.3 is 9.88 Å². The number of nitrogens with one attached hydrogen (secondary N) is 2. The fourth-order valence-corrected chi connectivity index (χ4v) is 4.24. The van der Waals surface area contributed by atoms with Gasteiger partial charge in [-0.3, -0.25) is 9.59 Å². The molecule has 0 fully saturated rings. The van der Waals surface area contributed by atoms with Crippen LogP contribution in [0.15, 0.2) is 71.8 Å². The molecule has 172 valence electrons. The molecule has 0 aliphatic rings. The average molecular weight is 493 g/mol. The third-order valence-electron chi connectivity index (χ3n) is 5.45. The summed E-state index contributed by atoms with van der Waals surface area (Å²) in [5.74, 6) is -0.519. The number of amides is 2. The van der Waals surface area contributed by atoms with Gasteiger partial charge in [0.25, 0.3) is 5.91 Å². The fourth-order valence-electron chi connectivity index (χ4n) is 3.77. The summed E-state index contributed by atoms with van der Waals surface area (Å²) in [5, 5.41) is 9.08. The van der Waals surface area contributed by atoms with Gasteiger partial charge in [0.1, 0.15) is 0 Å². The van der Waals surface area contributed by atoms with Crippen LogP contribution in [-0.4, -0.2) is 22.6 Å². The molecule has 1 heterocycles. The Bertz CT molecular complexity index is 1410. The number of fused-ring (bicyclic) bond motifs is 1. The number of benzene rings is 3. The first kappa shape index (κ1) is 23.5. The van der Waals surface area contributed by atoms with E-state index in [1.807, 2.05) is 43.3 Å². The van der Waals surface area contributed by atoms with Gasteiger partial charge in [0.05, 0.1) is 6.21 Å². The van der Waals surface area contributed by atoms with Crippen LogP contribution in [0.25, 0.3) is 10.9 Å². The maximum Gasteiger partial charge on any atom is 0.271 e. The van der Waals surface area contributed by atoms with Crippen LogP contribution in [0.5, 0.6) is 0 Å². The number of anilines is 1. The van der Waals surface area contributed by atoms with Crippen LogP contribution in [-0.2, 0) is 11.3 Å². The minimum Gasteiger partial charge on any atom is -0.340 e. The van der Waals surface area contributed by atoms with Gasteiger partial charge in [-0.2, -0.15) is 5.10 Å². The number of carbonyl (C=O) groups is 2. The molecule has 34 heavy (non-hydrogen) atoms. The van der Waals surface area contributed by atoms with Crippen molar-refractivity contribution in [2.45, 2.75) is 20.4 Å². The zero-order valence-electron chi connectivity index (χ0n) is 18.6. The van der Waals surface area contributed by atoms with Crippen LogP contribution in [0.2, 0.25) is 10.0 Å². The average Bonchev–Trinajstić information content (AvgIpc) is 3.07. The number of hydrogen-bond acceptors (Lipinski definition) is 3.